The molecule has 2 aliphatic rings. The molecule has 2 aromatic rings. The Morgan fingerprint density at radius 2 is 2.11 bits per heavy atom. The number of allylic oxidation sites excluding steroid dienone is 2. The van der Waals surface area contributed by atoms with Gasteiger partial charge >= 0.3 is 0 Å². The molecular weight excluding hydrogens is 234 g/mol. The van der Waals surface area contributed by atoms with Gasteiger partial charge in [-0.25, -0.2) is 4.98 Å². The van der Waals surface area contributed by atoms with Crippen LogP contribution in [0, 0.1) is 11.8 Å². The van der Waals surface area contributed by atoms with Crippen LogP contribution in [-0.2, 0) is 0 Å². The molecule has 19 heavy (non-hydrogen) atoms. The van der Waals surface area contributed by atoms with Crippen LogP contribution in [0.5, 0.6) is 0 Å². The number of nitrogens with one attached hydrogen (secondary N) is 1. The molecule has 0 aromatic carbocycles. The van der Waals surface area contributed by atoms with Gasteiger partial charge in [0.25, 0.3) is 0 Å². The quantitative estimate of drug-likeness (QED) is 0.790. The summed E-state index contributed by atoms with van der Waals surface area (Å²) >= 11 is 0. The van der Waals surface area contributed by atoms with Crippen LogP contribution in [-0.4, -0.2) is 23.1 Å². The number of pyridine rings is 1. The summed E-state index contributed by atoms with van der Waals surface area (Å²) in [5.74, 6) is 2.78. The van der Waals surface area contributed by atoms with Gasteiger partial charge < -0.3 is 9.88 Å². The van der Waals surface area contributed by atoms with Crippen LogP contribution in [0.4, 0.5) is 5.82 Å². The highest BCUT2D eigenvalue weighted by molar-refractivity contribution is 5.77. The number of anilines is 1. The van der Waals surface area contributed by atoms with Gasteiger partial charge in [-0.05, 0) is 49.8 Å². The molecule has 1 aliphatic carbocycles. The first-order valence-corrected chi connectivity index (χ1v) is 7.14. The Bertz CT molecular complexity index is 640. The SMILES string of the molecule is CC1=CC[C@H]2CN(c3ccc4cc[nH]c4n3)C[C@H]2C1. The molecule has 2 aromatic heterocycles. The molecule has 3 nitrogen and oxygen atoms in total. The van der Waals surface area contributed by atoms with E-state index in [2.05, 4.69) is 41.1 Å². The second-order valence-electron chi connectivity index (χ2n) is 6.00. The Kier molecular flexibility index (Phi) is 2.40. The lowest BCUT2D eigenvalue weighted by Crippen LogP contribution is -2.20. The van der Waals surface area contributed by atoms with Crippen molar-refractivity contribution >= 4 is 16.9 Å². The third-order valence-corrected chi connectivity index (χ3v) is 4.65. The van der Waals surface area contributed by atoms with Gasteiger partial charge in [-0.3, -0.25) is 0 Å². The van der Waals surface area contributed by atoms with Crippen LogP contribution in [0.2, 0.25) is 0 Å². The van der Waals surface area contributed by atoms with Crippen molar-refractivity contribution in [3.05, 3.63) is 36.0 Å². The zero-order chi connectivity index (χ0) is 12.8. The van der Waals surface area contributed by atoms with Gasteiger partial charge in [0, 0.05) is 24.7 Å². The number of rotatable bonds is 1. The fraction of sp³-hybridized carbons (Fsp3) is 0.438. The zero-order valence-corrected chi connectivity index (χ0v) is 11.3. The van der Waals surface area contributed by atoms with Crippen molar-refractivity contribution < 1.29 is 0 Å². The van der Waals surface area contributed by atoms with E-state index in [0.29, 0.717) is 0 Å². The topological polar surface area (TPSA) is 31.9 Å². The van der Waals surface area contributed by atoms with Gasteiger partial charge in [-0.15, -0.1) is 0 Å². The van der Waals surface area contributed by atoms with Gasteiger partial charge in [0.15, 0.2) is 0 Å². The number of aromatic nitrogens is 2. The van der Waals surface area contributed by atoms with Gasteiger partial charge in [-0.2, -0.15) is 0 Å². The average molecular weight is 253 g/mol. The third kappa shape index (κ3) is 1.84. The summed E-state index contributed by atoms with van der Waals surface area (Å²) in [4.78, 5) is 10.4. The highest BCUT2D eigenvalue weighted by Gasteiger charge is 2.34. The van der Waals surface area contributed by atoms with Crippen LogP contribution >= 0.6 is 0 Å². The standard InChI is InChI=1S/C16H19N3/c1-11-2-3-13-9-19(10-14(13)8-11)15-5-4-12-6-7-17-16(12)18-15/h2,4-7,13-14H,3,8-10H2,1H3,(H,17,18)/t13-,14+/m0/s1. The molecule has 0 amide bonds. The van der Waals surface area contributed by atoms with E-state index in [-0.39, 0.29) is 0 Å². The van der Waals surface area contributed by atoms with Crippen molar-refractivity contribution in [1.29, 1.82) is 0 Å². The minimum absolute atomic E-state index is 0.824. The summed E-state index contributed by atoms with van der Waals surface area (Å²) in [6.45, 7) is 4.59. The van der Waals surface area contributed by atoms with E-state index in [1.54, 1.807) is 5.57 Å². The predicted octanol–water partition coefficient (Wildman–Crippen LogP) is 3.36. The second-order valence-corrected chi connectivity index (χ2v) is 6.00. The molecule has 0 unspecified atom stereocenters. The highest BCUT2D eigenvalue weighted by atomic mass is 15.2. The molecule has 4 rings (SSSR count). The molecule has 3 heterocycles. The Morgan fingerprint density at radius 1 is 1.21 bits per heavy atom. The summed E-state index contributed by atoms with van der Waals surface area (Å²) in [5, 5.41) is 1.19. The average Bonchev–Trinajstić information content (AvgIpc) is 3.02. The van der Waals surface area contributed by atoms with Crippen molar-refractivity contribution in [2.75, 3.05) is 18.0 Å². The number of nitrogens with zero attached hydrogens (tertiary/aromatic N) is 2. The normalized spacial score (nSPS) is 26.6. The largest absolute Gasteiger partial charge is 0.356 e. The number of aromatic amines is 1. The van der Waals surface area contributed by atoms with Crippen LogP contribution < -0.4 is 4.90 Å². The number of hydrogen-bond donors (Lipinski definition) is 1. The Hall–Kier alpha value is -1.77. The molecule has 3 heteroatoms. The number of H-pyrrole nitrogens is 1. The van der Waals surface area contributed by atoms with Crippen molar-refractivity contribution in [1.82, 2.24) is 9.97 Å². The zero-order valence-electron chi connectivity index (χ0n) is 11.3. The molecule has 1 fully saturated rings. The van der Waals surface area contributed by atoms with E-state index in [0.717, 1.165) is 36.4 Å². The minimum atomic E-state index is 0.824. The molecule has 0 spiro atoms. The molecule has 0 saturated carbocycles. The lowest BCUT2D eigenvalue weighted by molar-refractivity contribution is 0.400. The van der Waals surface area contributed by atoms with Gasteiger partial charge in [0.1, 0.15) is 11.5 Å². The maximum Gasteiger partial charge on any atom is 0.139 e. The lowest BCUT2D eigenvalue weighted by Gasteiger charge is -2.21. The van der Waals surface area contributed by atoms with E-state index < -0.39 is 0 Å². The van der Waals surface area contributed by atoms with Crippen molar-refractivity contribution in [3.8, 4) is 0 Å². The fourth-order valence-corrected chi connectivity index (χ4v) is 3.57. The molecule has 2 atom stereocenters. The first kappa shape index (κ1) is 11.1. The van der Waals surface area contributed by atoms with E-state index in [1.165, 1.54) is 18.2 Å². The van der Waals surface area contributed by atoms with Gasteiger partial charge in [-0.1, -0.05) is 11.6 Å². The smallest absolute Gasteiger partial charge is 0.139 e. The predicted molar refractivity (Wildman–Crippen MR) is 78.3 cm³/mol. The van der Waals surface area contributed by atoms with Crippen LogP contribution in [0.3, 0.4) is 0 Å². The second kappa shape index (κ2) is 4.12. The van der Waals surface area contributed by atoms with Gasteiger partial charge in [0.05, 0.1) is 0 Å². The Morgan fingerprint density at radius 3 is 3.05 bits per heavy atom. The molecule has 1 aliphatic heterocycles. The summed E-state index contributed by atoms with van der Waals surface area (Å²) < 4.78 is 0. The van der Waals surface area contributed by atoms with Crippen molar-refractivity contribution in [2.24, 2.45) is 11.8 Å². The van der Waals surface area contributed by atoms with Crippen LogP contribution in [0.1, 0.15) is 19.8 Å². The van der Waals surface area contributed by atoms with Crippen LogP contribution in [0.15, 0.2) is 36.0 Å². The van der Waals surface area contributed by atoms with E-state index >= 15 is 0 Å². The van der Waals surface area contributed by atoms with Crippen molar-refractivity contribution in [3.63, 3.8) is 0 Å². The first-order valence-electron chi connectivity index (χ1n) is 7.14. The molecule has 0 radical (unpaired) electrons. The van der Waals surface area contributed by atoms with Crippen LogP contribution in [0.25, 0.3) is 11.0 Å². The summed E-state index contributed by atoms with van der Waals surface area (Å²) in [6.07, 6.45) is 6.90. The maximum atomic E-state index is 4.75. The third-order valence-electron chi connectivity index (χ3n) is 4.65. The first-order chi connectivity index (χ1) is 9.29. The van der Waals surface area contributed by atoms with Gasteiger partial charge in [0.2, 0.25) is 0 Å². The molecular formula is C16H19N3. The number of hydrogen-bond acceptors (Lipinski definition) is 2. The summed E-state index contributed by atoms with van der Waals surface area (Å²) in [5.41, 5.74) is 2.57. The van der Waals surface area contributed by atoms with Crippen molar-refractivity contribution in [2.45, 2.75) is 19.8 Å². The number of fused-ring (bicyclic) bond motifs is 2. The Labute approximate surface area is 113 Å². The Balaban J connectivity index is 1.60. The maximum absolute atomic E-state index is 4.75. The summed E-state index contributed by atoms with van der Waals surface area (Å²) in [6, 6.07) is 6.40. The molecule has 1 N–H and O–H groups in total. The van der Waals surface area contributed by atoms with E-state index in [4.69, 9.17) is 4.98 Å². The lowest BCUT2D eigenvalue weighted by atomic mass is 9.83. The molecule has 0 bridgehead atoms. The minimum Gasteiger partial charge on any atom is -0.356 e. The monoisotopic (exact) mass is 253 g/mol. The highest BCUT2D eigenvalue weighted by Crippen LogP contribution is 2.37. The van der Waals surface area contributed by atoms with E-state index in [1.807, 2.05) is 6.20 Å². The molecule has 98 valence electrons. The summed E-state index contributed by atoms with van der Waals surface area (Å²) in [7, 11) is 0. The fourth-order valence-electron chi connectivity index (χ4n) is 3.57. The molecule has 1 saturated heterocycles. The van der Waals surface area contributed by atoms with E-state index in [9.17, 15) is 0 Å².